The molecule has 3 aromatic carbocycles. The summed E-state index contributed by atoms with van der Waals surface area (Å²) in [6.07, 6.45) is 0. The van der Waals surface area contributed by atoms with Crippen LogP contribution < -0.4 is 15.5 Å². The van der Waals surface area contributed by atoms with E-state index in [0.717, 1.165) is 10.1 Å². The summed E-state index contributed by atoms with van der Waals surface area (Å²) in [7, 11) is 1.54. The number of non-ortho nitro benzene ring substituents is 1. The Hall–Kier alpha value is -4.50. The fraction of sp³-hybridized carbons (Fsp3) is 0.0400. The first kappa shape index (κ1) is 21.4. The summed E-state index contributed by atoms with van der Waals surface area (Å²) >= 11 is 1.33. The monoisotopic (exact) mass is 472 g/mol. The summed E-state index contributed by atoms with van der Waals surface area (Å²) < 4.78 is 12.7. The fourth-order valence-corrected chi connectivity index (χ4v) is 4.74. The third-order valence-electron chi connectivity index (χ3n) is 5.36. The number of hydrogen-bond donors (Lipinski definition) is 1. The van der Waals surface area contributed by atoms with Crippen molar-refractivity contribution in [3.05, 3.63) is 98.7 Å². The van der Waals surface area contributed by atoms with Gasteiger partial charge in [0.1, 0.15) is 10.4 Å². The number of nitro groups is 1. The van der Waals surface area contributed by atoms with Crippen molar-refractivity contribution in [3.63, 3.8) is 0 Å². The topological polar surface area (TPSA) is 112 Å². The molecule has 2 heterocycles. The summed E-state index contributed by atoms with van der Waals surface area (Å²) in [4.78, 5) is 36.9. The maximum absolute atomic E-state index is 13.6. The third kappa shape index (κ3) is 3.67. The van der Waals surface area contributed by atoms with Gasteiger partial charge in [-0.05, 0) is 42.0 Å². The highest BCUT2D eigenvalue weighted by atomic mass is 32.1. The van der Waals surface area contributed by atoms with E-state index in [2.05, 4.69) is 5.32 Å². The minimum absolute atomic E-state index is 0.00503. The van der Waals surface area contributed by atoms with E-state index in [0.29, 0.717) is 21.6 Å². The first-order valence-corrected chi connectivity index (χ1v) is 11.0. The summed E-state index contributed by atoms with van der Waals surface area (Å²) in [6, 6.07) is 19.5. The zero-order valence-electron chi connectivity index (χ0n) is 17.7. The molecule has 0 spiro atoms. The second-order valence-corrected chi connectivity index (χ2v) is 8.43. The van der Waals surface area contributed by atoms with Crippen molar-refractivity contribution < 1.29 is 18.9 Å². The van der Waals surface area contributed by atoms with Gasteiger partial charge in [0.15, 0.2) is 5.58 Å². The zero-order chi connectivity index (χ0) is 23.8. The van der Waals surface area contributed by atoms with Gasteiger partial charge in [0.25, 0.3) is 11.6 Å². The lowest BCUT2D eigenvalue weighted by atomic mass is 10.1. The molecule has 0 unspecified atom stereocenters. The average molecular weight is 472 g/mol. The average Bonchev–Trinajstić information content (AvgIpc) is 3.23. The second kappa shape index (κ2) is 8.45. The van der Waals surface area contributed by atoms with Crippen molar-refractivity contribution in [1.82, 2.24) is 0 Å². The summed E-state index contributed by atoms with van der Waals surface area (Å²) in [5.41, 5.74) is 0.927. The van der Waals surface area contributed by atoms with Crippen LogP contribution in [0, 0.1) is 10.1 Å². The molecule has 168 valence electrons. The van der Waals surface area contributed by atoms with Crippen LogP contribution in [0.2, 0.25) is 0 Å². The molecule has 0 bridgehead atoms. The number of nitrogens with one attached hydrogen (secondary N) is 1. The van der Waals surface area contributed by atoms with Crippen molar-refractivity contribution in [3.8, 4) is 16.9 Å². The molecular formula is C25H16N2O6S. The Bertz CT molecular complexity index is 1620. The summed E-state index contributed by atoms with van der Waals surface area (Å²) in [5, 5.41) is 14.4. The predicted molar refractivity (Wildman–Crippen MR) is 131 cm³/mol. The van der Waals surface area contributed by atoms with Crippen LogP contribution in [0.3, 0.4) is 0 Å². The van der Waals surface area contributed by atoms with E-state index in [4.69, 9.17) is 9.15 Å². The van der Waals surface area contributed by atoms with Gasteiger partial charge in [0, 0.05) is 27.8 Å². The van der Waals surface area contributed by atoms with Crippen LogP contribution >= 0.6 is 11.3 Å². The van der Waals surface area contributed by atoms with Crippen molar-refractivity contribution in [2.45, 2.75) is 0 Å². The molecular weight excluding hydrogens is 456 g/mol. The van der Waals surface area contributed by atoms with E-state index in [1.165, 1.54) is 35.6 Å². The second-order valence-electron chi connectivity index (χ2n) is 7.38. The molecule has 0 fully saturated rings. The van der Waals surface area contributed by atoms with Gasteiger partial charge in [-0.2, -0.15) is 0 Å². The van der Waals surface area contributed by atoms with Crippen molar-refractivity contribution >= 4 is 49.2 Å². The van der Waals surface area contributed by atoms with Crippen LogP contribution in [0.4, 0.5) is 11.6 Å². The van der Waals surface area contributed by atoms with Gasteiger partial charge in [-0.25, -0.2) is 0 Å². The number of carbonyl (C=O) groups excluding carboxylic acids is 1. The van der Waals surface area contributed by atoms with Gasteiger partial charge < -0.3 is 9.15 Å². The highest BCUT2D eigenvalue weighted by molar-refractivity contribution is 7.25. The third-order valence-corrected chi connectivity index (χ3v) is 6.51. The number of nitrogens with zero attached hydrogens (tertiary/aromatic N) is 1. The van der Waals surface area contributed by atoms with Gasteiger partial charge in [0.05, 0.1) is 17.6 Å². The van der Waals surface area contributed by atoms with E-state index < -0.39 is 10.8 Å². The molecule has 0 aliphatic heterocycles. The zero-order valence-corrected chi connectivity index (χ0v) is 18.5. The van der Waals surface area contributed by atoms with Crippen molar-refractivity contribution in [2.75, 3.05) is 12.4 Å². The van der Waals surface area contributed by atoms with Crippen LogP contribution in [-0.4, -0.2) is 17.9 Å². The van der Waals surface area contributed by atoms with E-state index in [9.17, 15) is 19.7 Å². The minimum Gasteiger partial charge on any atom is -0.497 e. The number of fused-ring (bicyclic) bond motifs is 3. The van der Waals surface area contributed by atoms with Gasteiger partial charge in [0.2, 0.25) is 11.3 Å². The fourth-order valence-electron chi connectivity index (χ4n) is 3.66. The Labute approximate surface area is 196 Å². The number of benzene rings is 3. The number of nitro benzene ring substituents is 1. The number of ether oxygens (including phenoxy) is 1. The molecule has 34 heavy (non-hydrogen) atoms. The summed E-state index contributed by atoms with van der Waals surface area (Å²) in [5.74, 6) is 0.0498. The Balaban J connectivity index is 1.67. The molecule has 0 radical (unpaired) electrons. The van der Waals surface area contributed by atoms with Crippen LogP contribution in [0.25, 0.3) is 31.5 Å². The Kier molecular flexibility index (Phi) is 5.31. The molecule has 1 N–H and O–H groups in total. The number of anilines is 1. The molecule has 9 heteroatoms. The Morgan fingerprint density at radius 2 is 1.74 bits per heavy atom. The number of amides is 1. The van der Waals surface area contributed by atoms with Crippen LogP contribution in [-0.2, 0) is 0 Å². The lowest BCUT2D eigenvalue weighted by Crippen LogP contribution is -2.16. The van der Waals surface area contributed by atoms with Crippen LogP contribution in [0.1, 0.15) is 10.4 Å². The molecule has 1 amide bonds. The van der Waals surface area contributed by atoms with Gasteiger partial charge >= 0.3 is 0 Å². The molecule has 5 rings (SSSR count). The summed E-state index contributed by atoms with van der Waals surface area (Å²) in [6.45, 7) is 0. The van der Waals surface area contributed by atoms with Crippen LogP contribution in [0.15, 0.2) is 82.0 Å². The quantitative estimate of drug-likeness (QED) is 0.254. The maximum atomic E-state index is 13.6. The molecule has 2 aromatic heterocycles. The minimum atomic E-state index is -0.563. The largest absolute Gasteiger partial charge is 0.497 e. The van der Waals surface area contributed by atoms with Crippen LogP contribution in [0.5, 0.6) is 5.75 Å². The number of hydrogen-bond acceptors (Lipinski definition) is 7. The Morgan fingerprint density at radius 1 is 1.03 bits per heavy atom. The molecule has 0 aliphatic carbocycles. The normalized spacial score (nSPS) is 11.0. The molecule has 0 saturated carbocycles. The van der Waals surface area contributed by atoms with E-state index in [1.54, 1.807) is 31.4 Å². The van der Waals surface area contributed by atoms with E-state index >= 15 is 0 Å². The number of methoxy groups -OCH3 is 1. The first-order chi connectivity index (χ1) is 16.5. The first-order valence-electron chi connectivity index (χ1n) is 10.1. The SMILES string of the molecule is COc1ccc(-c2c(NC(=O)c3ccc([N+](=O)[O-])cc3)oc3c(sc4ccccc43)c2=O)cc1. The molecule has 5 aromatic rings. The lowest BCUT2D eigenvalue weighted by Gasteiger charge is -2.11. The smallest absolute Gasteiger partial charge is 0.269 e. The van der Waals surface area contributed by atoms with Gasteiger partial charge in [-0.3, -0.25) is 25.0 Å². The van der Waals surface area contributed by atoms with Crippen molar-refractivity contribution in [1.29, 1.82) is 0 Å². The molecule has 0 atom stereocenters. The highest BCUT2D eigenvalue weighted by Gasteiger charge is 2.22. The maximum Gasteiger partial charge on any atom is 0.269 e. The van der Waals surface area contributed by atoms with Crippen molar-refractivity contribution in [2.24, 2.45) is 0 Å². The number of carbonyl (C=O) groups is 1. The van der Waals surface area contributed by atoms with Gasteiger partial charge in [-0.1, -0.05) is 24.3 Å². The molecule has 0 saturated heterocycles. The Morgan fingerprint density at radius 3 is 2.41 bits per heavy atom. The molecule has 8 nitrogen and oxygen atoms in total. The van der Waals surface area contributed by atoms with Gasteiger partial charge in [-0.15, -0.1) is 11.3 Å². The number of rotatable bonds is 5. The van der Waals surface area contributed by atoms with E-state index in [1.807, 2.05) is 24.3 Å². The van der Waals surface area contributed by atoms with E-state index in [-0.39, 0.29) is 28.1 Å². The lowest BCUT2D eigenvalue weighted by molar-refractivity contribution is -0.384. The highest BCUT2D eigenvalue weighted by Crippen LogP contribution is 2.37. The number of thiophene rings is 1. The molecule has 0 aliphatic rings. The predicted octanol–water partition coefficient (Wildman–Crippen LogP) is 5.84. The standard InChI is InChI=1S/C25H16N2O6S/c1-32-17-12-8-14(9-13-17)20-21(28)23-22(18-4-2-3-5-19(18)34-23)33-25(20)26-24(29)15-6-10-16(11-7-15)27(30)31/h2-13H,1H3,(H,26,29).